The number of aryl methyl sites for hydroxylation is 1. The first-order valence-electron chi connectivity index (χ1n) is 25.3. The number of benzene rings is 3. The van der Waals surface area contributed by atoms with Gasteiger partial charge in [0, 0.05) is 42.6 Å². The van der Waals surface area contributed by atoms with Crippen LogP contribution in [0.15, 0.2) is 79.4 Å². The summed E-state index contributed by atoms with van der Waals surface area (Å²) in [4.78, 5) is 69.4. The summed E-state index contributed by atoms with van der Waals surface area (Å²) in [5, 5.41) is 5.60. The zero-order valence-corrected chi connectivity index (χ0v) is 46.7. The molecule has 0 aromatic heterocycles. The predicted octanol–water partition coefficient (Wildman–Crippen LogP) is 8.61. The Balaban J connectivity index is 1.38. The van der Waals surface area contributed by atoms with E-state index in [1.165, 1.54) is 20.3 Å². The zero-order chi connectivity index (χ0) is 55.7. The molecule has 0 spiro atoms. The fraction of sp³-hybridized carbons (Fsp3) is 0.482. The Morgan fingerprint density at radius 1 is 0.763 bits per heavy atom. The van der Waals surface area contributed by atoms with Crippen LogP contribution >= 0.6 is 0 Å². The van der Waals surface area contributed by atoms with Crippen molar-refractivity contribution in [2.75, 3.05) is 96.5 Å². The van der Waals surface area contributed by atoms with Gasteiger partial charge in [-0.25, -0.2) is 9.59 Å². The van der Waals surface area contributed by atoms with Crippen molar-refractivity contribution < 1.29 is 66.3 Å². The van der Waals surface area contributed by atoms with Crippen molar-refractivity contribution >= 4 is 55.2 Å². The van der Waals surface area contributed by atoms with Gasteiger partial charge in [-0.05, 0) is 91.3 Å². The van der Waals surface area contributed by atoms with E-state index < -0.39 is 26.3 Å². The molecule has 19 nitrogen and oxygen atoms in total. The lowest BCUT2D eigenvalue weighted by Gasteiger charge is -2.38. The average Bonchev–Trinajstić information content (AvgIpc) is 3.96. The lowest BCUT2D eigenvalue weighted by Crippen LogP contribution is -2.46. The van der Waals surface area contributed by atoms with Gasteiger partial charge in [0.1, 0.15) is 38.8 Å². The van der Waals surface area contributed by atoms with Gasteiger partial charge in [0.25, 0.3) is 11.8 Å². The summed E-state index contributed by atoms with van der Waals surface area (Å²) in [6.07, 6.45) is 2.74. The average molecular weight is 1070 g/mol. The number of likely N-dealkylation sites (tertiary alicyclic amines) is 2. The Morgan fingerprint density at radius 2 is 1.36 bits per heavy atom. The van der Waals surface area contributed by atoms with E-state index in [0.717, 1.165) is 24.0 Å². The summed E-state index contributed by atoms with van der Waals surface area (Å²) in [5.74, 6) is -0.529. The minimum Gasteiger partial charge on any atom is -0.493 e. The number of ether oxygens (including phenoxy) is 8. The number of hydrogen-bond acceptors (Lipinski definition) is 15. The van der Waals surface area contributed by atoms with Gasteiger partial charge in [0.05, 0.1) is 70.1 Å². The van der Waals surface area contributed by atoms with E-state index >= 15 is 0 Å². The van der Waals surface area contributed by atoms with E-state index in [2.05, 4.69) is 69.0 Å². The molecule has 0 bridgehead atoms. The molecule has 2 saturated heterocycles. The van der Waals surface area contributed by atoms with Crippen molar-refractivity contribution in [3.05, 3.63) is 107 Å². The Morgan fingerprint density at radius 3 is 1.96 bits per heavy atom. The number of esters is 1. The number of rotatable bonds is 27. The van der Waals surface area contributed by atoms with Gasteiger partial charge in [-0.2, -0.15) is 0 Å². The molecule has 4 amide bonds. The normalized spacial score (nSPS) is 15.6. The number of nitrogens with two attached hydrogens (primary N) is 1. The Kier molecular flexibility index (Phi) is 22.1. The van der Waals surface area contributed by atoms with Crippen LogP contribution in [0.1, 0.15) is 84.4 Å². The fourth-order valence-corrected chi connectivity index (χ4v) is 9.29. The third kappa shape index (κ3) is 16.9. The zero-order valence-electron chi connectivity index (χ0n) is 45.7. The van der Waals surface area contributed by atoms with Gasteiger partial charge in [0.2, 0.25) is 5.91 Å². The van der Waals surface area contributed by atoms with Gasteiger partial charge in [-0.1, -0.05) is 64.7 Å². The van der Waals surface area contributed by atoms with Crippen LogP contribution in [-0.4, -0.2) is 140 Å². The SMILES string of the molecule is C=CCOC(=O)Nc1cc(OCc2cc(COc3cc(N)c(C(=O)N4CC(=C)C[C@H]4CC)cc3OC)cc(NC(=O)COCCOCCOCC(=O)OC)c2)c(C)cc1C(=O)N1CC(=C)C[C@H]1CO[Si](C)(C)C(C)(C)C. The monoisotopic (exact) mass is 1070 g/mol. The number of carbonyl (C=O) groups is 5. The molecule has 0 radical (unpaired) electrons. The van der Waals surface area contributed by atoms with Gasteiger partial charge in [-0.15, -0.1) is 0 Å². The maximum absolute atomic E-state index is 14.6. The summed E-state index contributed by atoms with van der Waals surface area (Å²) in [7, 11) is 0.600. The smallest absolute Gasteiger partial charge is 0.411 e. The molecule has 2 heterocycles. The molecule has 5 rings (SSSR count). The van der Waals surface area contributed by atoms with Crippen molar-refractivity contribution in [2.45, 2.75) is 97.3 Å². The largest absolute Gasteiger partial charge is 0.493 e. The molecule has 76 heavy (non-hydrogen) atoms. The minimum absolute atomic E-state index is 0.0228. The number of amides is 4. The number of nitrogen functional groups attached to an aromatic ring is 1. The molecule has 3 aromatic rings. The van der Waals surface area contributed by atoms with E-state index in [1.54, 1.807) is 53.1 Å². The highest BCUT2D eigenvalue weighted by Gasteiger charge is 2.40. The number of methoxy groups -OCH3 is 2. The molecule has 2 aliphatic rings. The van der Waals surface area contributed by atoms with Crippen LogP contribution < -0.4 is 30.6 Å². The summed E-state index contributed by atoms with van der Waals surface area (Å²) in [5.41, 5.74) is 11.5. The first-order valence-corrected chi connectivity index (χ1v) is 28.2. The summed E-state index contributed by atoms with van der Waals surface area (Å²) in [6, 6.07) is 11.5. The quantitative estimate of drug-likeness (QED) is 0.0214. The maximum atomic E-state index is 14.6. The van der Waals surface area contributed by atoms with Crippen LogP contribution in [0.4, 0.5) is 21.9 Å². The predicted molar refractivity (Wildman–Crippen MR) is 293 cm³/mol. The van der Waals surface area contributed by atoms with E-state index in [9.17, 15) is 24.0 Å². The van der Waals surface area contributed by atoms with Crippen molar-refractivity contribution in [1.82, 2.24) is 9.80 Å². The summed E-state index contributed by atoms with van der Waals surface area (Å²) >= 11 is 0. The molecule has 3 aromatic carbocycles. The Labute approximate surface area is 448 Å². The number of carbonyl (C=O) groups excluding carboxylic acids is 5. The van der Waals surface area contributed by atoms with Crippen LogP contribution in [0, 0.1) is 6.92 Å². The number of hydrogen-bond donors (Lipinski definition) is 3. The van der Waals surface area contributed by atoms with Gasteiger partial charge < -0.3 is 63.2 Å². The number of anilines is 3. The van der Waals surface area contributed by atoms with Crippen molar-refractivity contribution in [1.29, 1.82) is 0 Å². The lowest BCUT2D eigenvalue weighted by molar-refractivity contribution is -0.146. The molecule has 2 atom stereocenters. The third-order valence-corrected chi connectivity index (χ3v) is 17.9. The number of nitrogens with zero attached hydrogens (tertiary/aromatic N) is 2. The molecule has 414 valence electrons. The molecular formula is C56H77N5O14Si. The lowest BCUT2D eigenvalue weighted by atomic mass is 10.1. The second-order valence-electron chi connectivity index (χ2n) is 20.3. The van der Waals surface area contributed by atoms with E-state index in [0.29, 0.717) is 60.0 Å². The fourth-order valence-electron chi connectivity index (χ4n) is 8.25. The van der Waals surface area contributed by atoms with E-state index in [-0.39, 0.29) is 117 Å². The molecule has 2 fully saturated rings. The van der Waals surface area contributed by atoms with Crippen LogP contribution in [0.2, 0.25) is 18.1 Å². The molecule has 20 heteroatoms. The molecule has 4 N–H and O–H groups in total. The Hall–Kier alpha value is -6.71. The second-order valence-corrected chi connectivity index (χ2v) is 25.1. The molecular weight excluding hydrogens is 995 g/mol. The molecule has 0 unspecified atom stereocenters. The van der Waals surface area contributed by atoms with Crippen molar-refractivity contribution in [3.8, 4) is 17.2 Å². The van der Waals surface area contributed by atoms with Crippen LogP contribution in [0.25, 0.3) is 0 Å². The van der Waals surface area contributed by atoms with E-state index in [4.69, 9.17) is 43.3 Å². The van der Waals surface area contributed by atoms with Crippen molar-refractivity contribution in [2.24, 2.45) is 0 Å². The highest BCUT2D eigenvalue weighted by Crippen LogP contribution is 2.39. The minimum atomic E-state index is -2.15. The summed E-state index contributed by atoms with van der Waals surface area (Å²) < 4.78 is 51.0. The molecule has 0 aliphatic carbocycles. The standard InChI is InChI=1S/C56H77N5O14Si/c1-13-15-72-55(66)59-47-28-48(38(5)22-45(47)54(65)61-30-37(4)21-43(61)33-75-76(11,12)56(6,7)8)73-31-39-23-40(25-41(24-39)58-51(62)34-70-18-16-69-17-19-71-35-52(63)68-10)32-74-50-27-46(57)44(26-49(50)67-9)53(64)60-29-36(3)20-42(60)14-2/h13,22-28,42-43H,1,3-4,14-21,29-35,57H2,2,5-12H3,(H,58,62)(H,59,66)/t42-,43+/m1/s1. The van der Waals surface area contributed by atoms with Gasteiger partial charge in [-0.3, -0.25) is 19.7 Å². The van der Waals surface area contributed by atoms with Crippen LogP contribution in [0.5, 0.6) is 17.2 Å². The third-order valence-electron chi connectivity index (χ3n) is 13.4. The highest BCUT2D eigenvalue weighted by atomic mass is 28.4. The molecule has 2 aliphatic heterocycles. The van der Waals surface area contributed by atoms with Crippen LogP contribution in [-0.2, 0) is 50.9 Å². The van der Waals surface area contributed by atoms with Crippen molar-refractivity contribution in [3.63, 3.8) is 0 Å². The Bertz CT molecular complexity index is 2600. The van der Waals surface area contributed by atoms with E-state index in [1.807, 2.05) is 13.0 Å². The molecule has 0 saturated carbocycles. The highest BCUT2D eigenvalue weighted by molar-refractivity contribution is 6.74. The first-order chi connectivity index (χ1) is 36.1. The van der Waals surface area contributed by atoms with Gasteiger partial charge >= 0.3 is 12.1 Å². The van der Waals surface area contributed by atoms with Crippen LogP contribution in [0.3, 0.4) is 0 Å². The topological polar surface area (TPSA) is 225 Å². The maximum Gasteiger partial charge on any atom is 0.411 e. The first kappa shape index (κ1) is 60.2. The summed E-state index contributed by atoms with van der Waals surface area (Å²) in [6.45, 7) is 27.8. The second kappa shape index (κ2) is 27.9. The van der Waals surface area contributed by atoms with Gasteiger partial charge in [0.15, 0.2) is 19.8 Å². The number of nitrogens with one attached hydrogen (secondary N) is 2.